The number of amides is 4. The molecule has 13 heteroatoms. The summed E-state index contributed by atoms with van der Waals surface area (Å²) in [7, 11) is 0. The summed E-state index contributed by atoms with van der Waals surface area (Å²) >= 11 is 4.63. The molecule has 4 N–H and O–H groups in total. The largest absolute Gasteiger partial charge is 0.466 e. The van der Waals surface area contributed by atoms with Crippen LogP contribution in [-0.4, -0.2) is 83.6 Å². The van der Waals surface area contributed by atoms with E-state index in [1.807, 2.05) is 51.1 Å². The molecule has 0 aromatic heterocycles. The van der Waals surface area contributed by atoms with Crippen LogP contribution in [0.15, 0.2) is 30.3 Å². The van der Waals surface area contributed by atoms with Gasteiger partial charge in [-0.15, -0.1) is 0 Å². The van der Waals surface area contributed by atoms with E-state index >= 15 is 0 Å². The van der Waals surface area contributed by atoms with Crippen LogP contribution in [0, 0.1) is 5.92 Å². The average Bonchev–Trinajstić information content (AvgIpc) is 3.33. The zero-order valence-electron chi connectivity index (χ0n) is 28.3. The molecular formula is C33H52N4O8S. The van der Waals surface area contributed by atoms with Crippen molar-refractivity contribution in [3.63, 3.8) is 0 Å². The SMILES string of the molecule is CCOC(=O)C[C@H](S)[C@H](C[C@@H]1CCNC1=O)NC(=O)[C@H](Cc1ccccc1)NC(=O)[C@@H](NC(=O)OC(C)(C)C)[C@@H](C)OC(C)(C)C. The maximum atomic E-state index is 14.0. The van der Waals surface area contributed by atoms with Crippen molar-refractivity contribution >= 4 is 42.4 Å². The number of nitrogens with one attached hydrogen (secondary N) is 4. The number of hydrogen-bond acceptors (Lipinski definition) is 9. The lowest BCUT2D eigenvalue weighted by Gasteiger charge is -2.33. The van der Waals surface area contributed by atoms with Crippen molar-refractivity contribution in [2.45, 2.75) is 122 Å². The number of thiol groups is 1. The van der Waals surface area contributed by atoms with Crippen LogP contribution < -0.4 is 21.3 Å². The fraction of sp³-hybridized carbons (Fsp3) is 0.667. The lowest BCUT2D eigenvalue weighted by molar-refractivity contribution is -0.143. The summed E-state index contributed by atoms with van der Waals surface area (Å²) in [6, 6.07) is 6.15. The molecule has 1 heterocycles. The van der Waals surface area contributed by atoms with Gasteiger partial charge in [0.1, 0.15) is 17.7 Å². The van der Waals surface area contributed by atoms with Gasteiger partial charge >= 0.3 is 12.1 Å². The monoisotopic (exact) mass is 664 g/mol. The summed E-state index contributed by atoms with van der Waals surface area (Å²) in [5.74, 6) is -2.17. The fourth-order valence-corrected chi connectivity index (χ4v) is 5.43. The molecule has 1 aliphatic rings. The van der Waals surface area contributed by atoms with Crippen LogP contribution in [0.4, 0.5) is 4.79 Å². The summed E-state index contributed by atoms with van der Waals surface area (Å²) in [6.07, 6.45) is -0.747. The predicted molar refractivity (Wildman–Crippen MR) is 177 cm³/mol. The number of carbonyl (C=O) groups excluding carboxylic acids is 5. The van der Waals surface area contributed by atoms with Crippen LogP contribution in [0.5, 0.6) is 0 Å². The third kappa shape index (κ3) is 14.0. The quantitative estimate of drug-likeness (QED) is 0.141. The lowest BCUT2D eigenvalue weighted by atomic mass is 9.94. The summed E-state index contributed by atoms with van der Waals surface area (Å²) in [4.78, 5) is 65.3. The van der Waals surface area contributed by atoms with Crippen molar-refractivity contribution in [1.29, 1.82) is 0 Å². The summed E-state index contributed by atoms with van der Waals surface area (Å²) in [5, 5.41) is 10.5. The Labute approximate surface area is 278 Å². The Morgan fingerprint density at radius 1 is 0.978 bits per heavy atom. The van der Waals surface area contributed by atoms with E-state index in [1.54, 1.807) is 34.6 Å². The van der Waals surface area contributed by atoms with Gasteiger partial charge < -0.3 is 35.5 Å². The van der Waals surface area contributed by atoms with Gasteiger partial charge in [0.2, 0.25) is 17.7 Å². The molecule has 12 nitrogen and oxygen atoms in total. The molecule has 46 heavy (non-hydrogen) atoms. The molecule has 0 unspecified atom stereocenters. The first-order valence-corrected chi connectivity index (χ1v) is 16.3. The second-order valence-electron chi connectivity index (χ2n) is 13.5. The highest BCUT2D eigenvalue weighted by Crippen LogP contribution is 2.22. The maximum Gasteiger partial charge on any atom is 0.408 e. The van der Waals surface area contributed by atoms with Crippen LogP contribution in [-0.2, 0) is 39.8 Å². The van der Waals surface area contributed by atoms with Gasteiger partial charge in [-0.2, -0.15) is 12.6 Å². The van der Waals surface area contributed by atoms with Crippen LogP contribution in [0.3, 0.4) is 0 Å². The predicted octanol–water partition coefficient (Wildman–Crippen LogP) is 3.07. The molecule has 4 amide bonds. The van der Waals surface area contributed by atoms with Crippen LogP contribution in [0.2, 0.25) is 0 Å². The first kappa shape index (κ1) is 38.9. The molecule has 2 rings (SSSR count). The molecule has 0 spiro atoms. The smallest absolute Gasteiger partial charge is 0.408 e. The number of carbonyl (C=O) groups is 5. The highest BCUT2D eigenvalue weighted by Gasteiger charge is 2.37. The third-order valence-corrected chi connectivity index (χ3v) is 7.60. The topological polar surface area (TPSA) is 161 Å². The molecule has 1 aromatic rings. The molecule has 0 bridgehead atoms. The van der Waals surface area contributed by atoms with Crippen molar-refractivity contribution < 1.29 is 38.2 Å². The van der Waals surface area contributed by atoms with Gasteiger partial charge in [-0.1, -0.05) is 30.3 Å². The van der Waals surface area contributed by atoms with Crippen molar-refractivity contribution in [1.82, 2.24) is 21.3 Å². The van der Waals surface area contributed by atoms with Gasteiger partial charge in [-0.3, -0.25) is 19.2 Å². The van der Waals surface area contributed by atoms with Gasteiger partial charge in [0.25, 0.3) is 0 Å². The van der Waals surface area contributed by atoms with Crippen molar-refractivity contribution in [2.75, 3.05) is 13.2 Å². The molecule has 1 saturated heterocycles. The van der Waals surface area contributed by atoms with E-state index in [-0.39, 0.29) is 37.7 Å². The Bertz CT molecular complexity index is 1180. The van der Waals surface area contributed by atoms with Crippen molar-refractivity contribution in [3.8, 4) is 0 Å². The van der Waals surface area contributed by atoms with E-state index < -0.39 is 64.6 Å². The van der Waals surface area contributed by atoms with Gasteiger partial charge in [-0.25, -0.2) is 4.79 Å². The fourth-order valence-electron chi connectivity index (χ4n) is 5.08. The molecule has 0 aliphatic carbocycles. The standard InChI is InChI=1S/C33H52N4O8S/c1-9-43-26(38)19-25(46)23(18-22-15-16-34-28(22)39)35-29(40)24(17-21-13-11-10-12-14-21)36-30(41)27(20(2)44-32(3,4)5)37-31(42)45-33(6,7)8/h10-14,20,22-25,27,46H,9,15-19H2,1-8H3,(H,34,39)(H,35,40)(H,36,41)(H,37,42)/t20-,22+,23+,24+,25+,27+/m1/s1. The van der Waals surface area contributed by atoms with Gasteiger partial charge in [0.15, 0.2) is 0 Å². The van der Waals surface area contributed by atoms with Crippen LogP contribution in [0.25, 0.3) is 0 Å². The summed E-state index contributed by atoms with van der Waals surface area (Å²) < 4.78 is 16.5. The normalized spacial score (nSPS) is 18.3. The van der Waals surface area contributed by atoms with E-state index in [0.29, 0.717) is 13.0 Å². The summed E-state index contributed by atoms with van der Waals surface area (Å²) in [6.45, 7) is 14.7. The Balaban J connectivity index is 2.38. The minimum Gasteiger partial charge on any atom is -0.466 e. The first-order chi connectivity index (χ1) is 21.4. The second-order valence-corrected chi connectivity index (χ2v) is 14.2. The molecule has 1 fully saturated rings. The average molecular weight is 665 g/mol. The Morgan fingerprint density at radius 2 is 1.63 bits per heavy atom. The number of rotatable bonds is 15. The maximum absolute atomic E-state index is 14.0. The zero-order valence-corrected chi connectivity index (χ0v) is 29.2. The van der Waals surface area contributed by atoms with Crippen LogP contribution in [0.1, 0.15) is 80.2 Å². The molecule has 0 saturated carbocycles. The first-order valence-electron chi connectivity index (χ1n) is 15.8. The highest BCUT2D eigenvalue weighted by molar-refractivity contribution is 7.81. The number of ether oxygens (including phenoxy) is 3. The minimum atomic E-state index is -1.21. The Kier molecular flexibility index (Phi) is 14.8. The molecular weight excluding hydrogens is 612 g/mol. The number of benzene rings is 1. The van der Waals surface area contributed by atoms with Crippen molar-refractivity contribution in [2.24, 2.45) is 5.92 Å². The van der Waals surface area contributed by atoms with E-state index in [0.717, 1.165) is 5.56 Å². The molecule has 6 atom stereocenters. The number of alkyl carbamates (subject to hydrolysis) is 1. The van der Waals surface area contributed by atoms with E-state index in [2.05, 4.69) is 33.9 Å². The molecule has 1 aromatic carbocycles. The molecule has 1 aliphatic heterocycles. The lowest BCUT2D eigenvalue weighted by Crippen LogP contribution is -2.60. The van der Waals surface area contributed by atoms with Crippen molar-refractivity contribution in [3.05, 3.63) is 35.9 Å². The Hall–Kier alpha value is -3.32. The van der Waals surface area contributed by atoms with E-state index in [1.165, 1.54) is 0 Å². The molecule has 258 valence electrons. The van der Waals surface area contributed by atoms with E-state index in [9.17, 15) is 24.0 Å². The van der Waals surface area contributed by atoms with Gasteiger partial charge in [-0.05, 0) is 73.8 Å². The van der Waals surface area contributed by atoms with Crippen LogP contribution >= 0.6 is 12.6 Å². The summed E-state index contributed by atoms with van der Waals surface area (Å²) in [5.41, 5.74) is -0.679. The number of esters is 1. The zero-order chi connectivity index (χ0) is 34.7. The molecule has 0 radical (unpaired) electrons. The van der Waals surface area contributed by atoms with E-state index in [4.69, 9.17) is 14.2 Å². The second kappa shape index (κ2) is 17.6. The number of hydrogen-bond donors (Lipinski definition) is 5. The minimum absolute atomic E-state index is 0.0878. The highest BCUT2D eigenvalue weighted by atomic mass is 32.1. The van der Waals surface area contributed by atoms with Gasteiger partial charge in [0.05, 0.1) is 24.7 Å². The Morgan fingerprint density at radius 3 is 2.17 bits per heavy atom. The third-order valence-electron chi connectivity index (χ3n) is 7.05. The van der Waals surface area contributed by atoms with Gasteiger partial charge in [0, 0.05) is 30.2 Å².